The van der Waals surface area contributed by atoms with E-state index < -0.39 is 11.6 Å². The zero-order valence-electron chi connectivity index (χ0n) is 13.5. The number of halogens is 2. The van der Waals surface area contributed by atoms with Gasteiger partial charge in [-0.2, -0.15) is 10.3 Å². The van der Waals surface area contributed by atoms with Crippen LogP contribution in [0.15, 0.2) is 30.6 Å². The van der Waals surface area contributed by atoms with Crippen LogP contribution >= 0.6 is 0 Å². The molecule has 0 radical (unpaired) electrons. The van der Waals surface area contributed by atoms with Crippen molar-refractivity contribution in [2.75, 3.05) is 13.6 Å². The van der Waals surface area contributed by atoms with Gasteiger partial charge in [0.25, 0.3) is 5.91 Å². The number of likely N-dealkylation sites (N-methyl/N-ethyl adjacent to an activating group) is 1. The number of hydrogen-bond acceptors (Lipinski definition) is 5. The van der Waals surface area contributed by atoms with Crippen LogP contribution in [0.5, 0.6) is 0 Å². The quantitative estimate of drug-likeness (QED) is 0.756. The largest absolute Gasteiger partial charge is 0.341 e. The predicted molar refractivity (Wildman–Crippen MR) is 83.0 cm³/mol. The molecule has 2 heterocycles. The van der Waals surface area contributed by atoms with E-state index in [4.69, 9.17) is 0 Å². The Kier molecular flexibility index (Phi) is 4.50. The molecule has 1 aromatic carbocycles. The van der Waals surface area contributed by atoms with Crippen LogP contribution < -0.4 is 0 Å². The Hall–Kier alpha value is -3.17. The van der Waals surface area contributed by atoms with E-state index in [0.29, 0.717) is 12.4 Å². The average molecular weight is 347 g/mol. The van der Waals surface area contributed by atoms with Gasteiger partial charge in [-0.1, -0.05) is 12.1 Å². The lowest BCUT2D eigenvalue weighted by molar-refractivity contribution is 0.0787. The number of amides is 1. The molecule has 0 fully saturated rings. The minimum atomic E-state index is -0.763. The Morgan fingerprint density at radius 1 is 1.40 bits per heavy atom. The fraction of sp³-hybridized carbons (Fsp3) is 0.267. The first-order chi connectivity index (χ1) is 12.0. The van der Waals surface area contributed by atoms with Crippen LogP contribution in [0, 0.1) is 11.6 Å². The third-order valence-electron chi connectivity index (χ3n) is 3.68. The van der Waals surface area contributed by atoms with Crippen LogP contribution in [0.25, 0.3) is 5.69 Å². The van der Waals surface area contributed by atoms with Crippen molar-refractivity contribution in [1.82, 2.24) is 35.3 Å². The molecule has 2 aromatic heterocycles. The Balaban J connectivity index is 1.73. The van der Waals surface area contributed by atoms with Crippen molar-refractivity contribution in [2.24, 2.45) is 0 Å². The molecule has 1 amide bonds. The molecule has 1 atom stereocenters. The number of carbonyl (C=O) groups excluding carboxylic acids is 1. The number of aromatic amines is 1. The summed E-state index contributed by atoms with van der Waals surface area (Å²) in [5.41, 5.74) is 0.342. The van der Waals surface area contributed by atoms with E-state index in [0.717, 1.165) is 12.1 Å². The molecule has 10 heteroatoms. The molecule has 8 nitrogen and oxygen atoms in total. The molecular formula is C15H15F2N7O. The van der Waals surface area contributed by atoms with E-state index in [-0.39, 0.29) is 23.1 Å². The monoisotopic (exact) mass is 347 g/mol. The van der Waals surface area contributed by atoms with E-state index in [1.165, 1.54) is 28.0 Å². The van der Waals surface area contributed by atoms with Gasteiger partial charge in [0, 0.05) is 31.8 Å². The third kappa shape index (κ3) is 3.52. The number of rotatable bonds is 5. The lowest BCUT2D eigenvalue weighted by Gasteiger charge is -2.19. The van der Waals surface area contributed by atoms with E-state index >= 15 is 0 Å². The third-order valence-corrected chi connectivity index (χ3v) is 3.68. The highest BCUT2D eigenvalue weighted by molar-refractivity contribution is 5.93. The highest BCUT2D eigenvalue weighted by Crippen LogP contribution is 2.16. The van der Waals surface area contributed by atoms with Gasteiger partial charge >= 0.3 is 0 Å². The molecule has 0 aliphatic carbocycles. The SMILES string of the molecule is C[C@@H](CN(C)C(=O)c1cnn(-c2ccc(F)cc2F)c1)c1nn[nH]n1. The van der Waals surface area contributed by atoms with Crippen molar-refractivity contribution in [3.63, 3.8) is 0 Å². The van der Waals surface area contributed by atoms with Crippen LogP contribution in [0.2, 0.25) is 0 Å². The summed E-state index contributed by atoms with van der Waals surface area (Å²) in [6.07, 6.45) is 2.73. The van der Waals surface area contributed by atoms with Gasteiger partial charge in [-0.3, -0.25) is 4.79 Å². The second-order valence-electron chi connectivity index (χ2n) is 5.63. The highest BCUT2D eigenvalue weighted by atomic mass is 19.1. The van der Waals surface area contributed by atoms with Crippen molar-refractivity contribution in [2.45, 2.75) is 12.8 Å². The van der Waals surface area contributed by atoms with E-state index in [9.17, 15) is 13.6 Å². The Labute approximate surface area is 141 Å². The van der Waals surface area contributed by atoms with Crippen LogP contribution in [0.1, 0.15) is 29.0 Å². The minimum absolute atomic E-state index is 0.0586. The Bertz CT molecular complexity index is 878. The van der Waals surface area contributed by atoms with Crippen LogP contribution in [0.4, 0.5) is 8.78 Å². The number of aromatic nitrogens is 6. The van der Waals surface area contributed by atoms with E-state index in [1.54, 1.807) is 7.05 Å². The number of tetrazole rings is 1. The smallest absolute Gasteiger partial charge is 0.256 e. The standard InChI is InChI=1S/C15H15F2N7O/c1-9(14-19-21-22-20-14)7-23(2)15(25)10-6-18-24(8-10)13-4-3-11(16)5-12(13)17/h3-6,8-9H,7H2,1-2H3,(H,19,20,21,22)/t9-/m0/s1. The number of hydrogen-bond donors (Lipinski definition) is 1. The van der Waals surface area contributed by atoms with Crippen molar-refractivity contribution < 1.29 is 13.6 Å². The molecule has 130 valence electrons. The van der Waals surface area contributed by atoms with Crippen LogP contribution in [0.3, 0.4) is 0 Å². The molecule has 0 unspecified atom stereocenters. The maximum Gasteiger partial charge on any atom is 0.256 e. The normalized spacial score (nSPS) is 12.2. The molecule has 0 aliphatic heterocycles. The number of benzene rings is 1. The first-order valence-corrected chi connectivity index (χ1v) is 7.44. The van der Waals surface area contributed by atoms with Gasteiger partial charge in [0.15, 0.2) is 11.6 Å². The summed E-state index contributed by atoms with van der Waals surface area (Å²) in [5.74, 6) is -1.34. The molecule has 3 rings (SSSR count). The molecule has 0 aliphatic rings. The Morgan fingerprint density at radius 2 is 2.20 bits per heavy atom. The minimum Gasteiger partial charge on any atom is -0.341 e. The fourth-order valence-corrected chi connectivity index (χ4v) is 2.41. The molecular weight excluding hydrogens is 332 g/mol. The number of H-pyrrole nitrogens is 1. The second-order valence-corrected chi connectivity index (χ2v) is 5.63. The molecule has 1 N–H and O–H groups in total. The summed E-state index contributed by atoms with van der Waals surface area (Å²) >= 11 is 0. The molecule has 0 saturated carbocycles. The van der Waals surface area contributed by atoms with Crippen molar-refractivity contribution >= 4 is 5.91 Å². The first-order valence-electron chi connectivity index (χ1n) is 7.44. The van der Waals surface area contributed by atoms with Gasteiger partial charge in [-0.15, -0.1) is 10.2 Å². The van der Waals surface area contributed by atoms with Gasteiger partial charge in [0.05, 0.1) is 11.8 Å². The van der Waals surface area contributed by atoms with Gasteiger partial charge in [0.1, 0.15) is 11.5 Å². The summed E-state index contributed by atoms with van der Waals surface area (Å²) in [5, 5.41) is 17.6. The second kappa shape index (κ2) is 6.75. The summed E-state index contributed by atoms with van der Waals surface area (Å²) in [4.78, 5) is 14.0. The van der Waals surface area contributed by atoms with E-state index in [1.807, 2.05) is 6.92 Å². The van der Waals surface area contributed by atoms with Gasteiger partial charge in [-0.05, 0) is 12.1 Å². The zero-order chi connectivity index (χ0) is 18.0. The molecule has 0 spiro atoms. The number of nitrogens with one attached hydrogen (secondary N) is 1. The number of carbonyl (C=O) groups is 1. The fourth-order valence-electron chi connectivity index (χ4n) is 2.41. The molecule has 0 saturated heterocycles. The molecule has 25 heavy (non-hydrogen) atoms. The van der Waals surface area contributed by atoms with Gasteiger partial charge in [0.2, 0.25) is 0 Å². The lowest BCUT2D eigenvalue weighted by atomic mass is 10.1. The summed E-state index contributed by atoms with van der Waals surface area (Å²) in [6.45, 7) is 2.24. The molecule has 3 aromatic rings. The first kappa shape index (κ1) is 16.7. The predicted octanol–water partition coefficient (Wildman–Crippen LogP) is 1.54. The summed E-state index contributed by atoms with van der Waals surface area (Å²) < 4.78 is 28.0. The summed E-state index contributed by atoms with van der Waals surface area (Å²) in [6, 6.07) is 3.14. The Morgan fingerprint density at radius 3 is 2.88 bits per heavy atom. The van der Waals surface area contributed by atoms with Crippen LogP contribution in [-0.4, -0.2) is 54.8 Å². The lowest BCUT2D eigenvalue weighted by Crippen LogP contribution is -2.30. The van der Waals surface area contributed by atoms with Crippen molar-refractivity contribution in [3.05, 3.63) is 53.6 Å². The maximum absolute atomic E-state index is 13.8. The molecule has 0 bridgehead atoms. The van der Waals surface area contributed by atoms with Crippen molar-refractivity contribution in [1.29, 1.82) is 0 Å². The highest BCUT2D eigenvalue weighted by Gasteiger charge is 2.20. The number of nitrogens with zero attached hydrogens (tertiary/aromatic N) is 6. The van der Waals surface area contributed by atoms with Crippen molar-refractivity contribution in [3.8, 4) is 5.69 Å². The maximum atomic E-state index is 13.8. The topological polar surface area (TPSA) is 92.6 Å². The van der Waals surface area contributed by atoms with E-state index in [2.05, 4.69) is 25.7 Å². The van der Waals surface area contributed by atoms with Gasteiger partial charge < -0.3 is 4.90 Å². The zero-order valence-corrected chi connectivity index (χ0v) is 13.5. The average Bonchev–Trinajstić information content (AvgIpc) is 3.26. The van der Waals surface area contributed by atoms with Gasteiger partial charge in [-0.25, -0.2) is 13.5 Å². The summed E-state index contributed by atoms with van der Waals surface area (Å²) in [7, 11) is 1.63. The van der Waals surface area contributed by atoms with Crippen LogP contribution in [-0.2, 0) is 0 Å².